The van der Waals surface area contributed by atoms with Crippen molar-refractivity contribution in [1.82, 2.24) is 5.32 Å². The fourth-order valence-corrected chi connectivity index (χ4v) is 2.67. The highest BCUT2D eigenvalue weighted by Gasteiger charge is 2.26. The molecule has 96 valence electrons. The zero-order chi connectivity index (χ0) is 13.2. The molecule has 0 aliphatic carbocycles. The van der Waals surface area contributed by atoms with Crippen LogP contribution in [0.4, 0.5) is 0 Å². The van der Waals surface area contributed by atoms with E-state index in [0.717, 1.165) is 0 Å². The van der Waals surface area contributed by atoms with Gasteiger partial charge in [0.15, 0.2) is 0 Å². The third-order valence-corrected chi connectivity index (χ3v) is 3.70. The molecular formula is C16H15NO2. The molecule has 1 heterocycles. The first-order valence-corrected chi connectivity index (χ1v) is 6.54. The number of fused-ring (bicyclic) bond motifs is 1. The molecule has 2 aromatic carbocycles. The van der Waals surface area contributed by atoms with E-state index in [-0.39, 0.29) is 17.7 Å². The Morgan fingerprint density at radius 1 is 1.05 bits per heavy atom. The lowest BCUT2D eigenvalue weighted by atomic mass is 9.89. The van der Waals surface area contributed by atoms with Gasteiger partial charge in [0.25, 0.3) is 0 Å². The van der Waals surface area contributed by atoms with Crippen LogP contribution in [0.25, 0.3) is 10.8 Å². The predicted molar refractivity (Wildman–Crippen MR) is 73.5 cm³/mol. The van der Waals surface area contributed by atoms with Gasteiger partial charge in [0.1, 0.15) is 0 Å². The van der Waals surface area contributed by atoms with Gasteiger partial charge >= 0.3 is 0 Å². The molecule has 2 amide bonds. The molecule has 2 aromatic rings. The third kappa shape index (κ3) is 2.36. The van der Waals surface area contributed by atoms with Crippen molar-refractivity contribution < 1.29 is 9.59 Å². The average Bonchev–Trinajstić information content (AvgIpc) is 2.42. The summed E-state index contributed by atoms with van der Waals surface area (Å²) in [4.78, 5) is 23.0. The third-order valence-electron chi connectivity index (χ3n) is 3.70. The molecule has 3 heteroatoms. The summed E-state index contributed by atoms with van der Waals surface area (Å²) in [5, 5.41) is 4.80. The van der Waals surface area contributed by atoms with Gasteiger partial charge in [-0.25, -0.2) is 0 Å². The first-order valence-electron chi connectivity index (χ1n) is 6.54. The molecule has 1 atom stereocenters. The Morgan fingerprint density at radius 3 is 2.68 bits per heavy atom. The topological polar surface area (TPSA) is 46.2 Å². The number of amides is 2. The van der Waals surface area contributed by atoms with Gasteiger partial charge < -0.3 is 0 Å². The molecule has 0 bridgehead atoms. The second-order valence-electron chi connectivity index (χ2n) is 4.99. The highest BCUT2D eigenvalue weighted by Crippen LogP contribution is 2.24. The molecule has 0 spiro atoms. The van der Waals surface area contributed by atoms with E-state index in [0.29, 0.717) is 19.3 Å². The number of piperidine rings is 1. The van der Waals surface area contributed by atoms with E-state index in [2.05, 4.69) is 29.6 Å². The first-order chi connectivity index (χ1) is 9.24. The second-order valence-corrected chi connectivity index (χ2v) is 4.99. The predicted octanol–water partition coefficient (Wildman–Crippen LogP) is 2.44. The maximum atomic E-state index is 11.8. The minimum atomic E-state index is -0.154. The van der Waals surface area contributed by atoms with Gasteiger partial charge in [-0.1, -0.05) is 42.5 Å². The largest absolute Gasteiger partial charge is 0.296 e. The van der Waals surface area contributed by atoms with Crippen molar-refractivity contribution in [1.29, 1.82) is 0 Å². The molecule has 3 nitrogen and oxygen atoms in total. The SMILES string of the molecule is O=C1CCC(Cc2cccc3ccccc23)C(=O)N1. The van der Waals surface area contributed by atoms with Crippen molar-refractivity contribution in [3.8, 4) is 0 Å². The highest BCUT2D eigenvalue weighted by molar-refractivity contribution is 5.99. The van der Waals surface area contributed by atoms with E-state index >= 15 is 0 Å². The standard InChI is InChI=1S/C16H15NO2/c18-15-9-8-13(16(19)17-15)10-12-6-3-5-11-4-1-2-7-14(11)12/h1-7,13H,8-10H2,(H,17,18,19). The van der Waals surface area contributed by atoms with E-state index in [1.54, 1.807) is 0 Å². The van der Waals surface area contributed by atoms with E-state index in [1.165, 1.54) is 16.3 Å². The number of carbonyl (C=O) groups is 2. The Hall–Kier alpha value is -2.16. The highest BCUT2D eigenvalue weighted by atomic mass is 16.2. The molecule has 0 radical (unpaired) electrons. The van der Waals surface area contributed by atoms with Gasteiger partial charge in [0.05, 0.1) is 0 Å². The van der Waals surface area contributed by atoms with E-state index < -0.39 is 0 Å². The summed E-state index contributed by atoms with van der Waals surface area (Å²) >= 11 is 0. The fraction of sp³-hybridized carbons (Fsp3) is 0.250. The summed E-state index contributed by atoms with van der Waals surface area (Å²) in [6.45, 7) is 0. The maximum Gasteiger partial charge on any atom is 0.230 e. The van der Waals surface area contributed by atoms with Crippen LogP contribution in [0.5, 0.6) is 0 Å². The van der Waals surface area contributed by atoms with Gasteiger partial charge in [-0.05, 0) is 29.2 Å². The number of benzene rings is 2. The Morgan fingerprint density at radius 2 is 1.84 bits per heavy atom. The van der Waals surface area contributed by atoms with Crippen LogP contribution < -0.4 is 5.32 Å². The zero-order valence-electron chi connectivity index (χ0n) is 10.6. The van der Waals surface area contributed by atoms with Gasteiger partial charge in [0, 0.05) is 12.3 Å². The Kier molecular flexibility index (Phi) is 3.03. The quantitative estimate of drug-likeness (QED) is 0.835. The lowest BCUT2D eigenvalue weighted by Crippen LogP contribution is -2.41. The van der Waals surface area contributed by atoms with Crippen molar-refractivity contribution in [2.24, 2.45) is 5.92 Å². The number of rotatable bonds is 2. The number of carbonyl (C=O) groups excluding carboxylic acids is 2. The summed E-state index contributed by atoms with van der Waals surface area (Å²) < 4.78 is 0. The smallest absolute Gasteiger partial charge is 0.230 e. The molecule has 1 unspecified atom stereocenters. The maximum absolute atomic E-state index is 11.8. The van der Waals surface area contributed by atoms with E-state index in [9.17, 15) is 9.59 Å². The average molecular weight is 253 g/mol. The monoisotopic (exact) mass is 253 g/mol. The molecule has 1 fully saturated rings. The Labute approximate surface area is 111 Å². The zero-order valence-corrected chi connectivity index (χ0v) is 10.6. The van der Waals surface area contributed by atoms with E-state index in [4.69, 9.17) is 0 Å². The first kappa shape index (κ1) is 11.9. The van der Waals surface area contributed by atoms with Crippen LogP contribution in [-0.4, -0.2) is 11.8 Å². The second kappa shape index (κ2) is 4.84. The number of hydrogen-bond acceptors (Lipinski definition) is 2. The molecule has 1 aliphatic heterocycles. The summed E-state index contributed by atoms with van der Waals surface area (Å²) in [5.41, 5.74) is 1.17. The molecule has 1 saturated heterocycles. The van der Waals surface area contributed by atoms with Gasteiger partial charge in [-0.3, -0.25) is 14.9 Å². The summed E-state index contributed by atoms with van der Waals surface area (Å²) in [7, 11) is 0. The Bertz CT molecular complexity index is 643. The molecule has 3 rings (SSSR count). The van der Waals surface area contributed by atoms with Crippen LogP contribution in [0.15, 0.2) is 42.5 Å². The lowest BCUT2D eigenvalue weighted by Gasteiger charge is -2.21. The van der Waals surface area contributed by atoms with Gasteiger partial charge in [0.2, 0.25) is 11.8 Å². The van der Waals surface area contributed by atoms with Crippen LogP contribution in [0.1, 0.15) is 18.4 Å². The lowest BCUT2D eigenvalue weighted by molar-refractivity contribution is -0.136. The Balaban J connectivity index is 1.89. The van der Waals surface area contributed by atoms with Crippen molar-refractivity contribution in [3.63, 3.8) is 0 Å². The van der Waals surface area contributed by atoms with Crippen molar-refractivity contribution in [2.75, 3.05) is 0 Å². The fourth-order valence-electron chi connectivity index (χ4n) is 2.67. The minimum absolute atomic E-state index is 0.0940. The molecular weight excluding hydrogens is 238 g/mol. The summed E-state index contributed by atoms with van der Waals surface area (Å²) in [6.07, 6.45) is 1.79. The van der Waals surface area contributed by atoms with Gasteiger partial charge in [-0.15, -0.1) is 0 Å². The van der Waals surface area contributed by atoms with Crippen LogP contribution in [0.2, 0.25) is 0 Å². The number of hydrogen-bond donors (Lipinski definition) is 1. The number of nitrogens with one attached hydrogen (secondary N) is 1. The van der Waals surface area contributed by atoms with Crippen molar-refractivity contribution in [2.45, 2.75) is 19.3 Å². The normalized spacial score (nSPS) is 19.5. The molecule has 1 aliphatic rings. The van der Waals surface area contributed by atoms with Crippen molar-refractivity contribution in [3.05, 3.63) is 48.0 Å². The van der Waals surface area contributed by atoms with Crippen molar-refractivity contribution >= 4 is 22.6 Å². The molecule has 1 N–H and O–H groups in total. The van der Waals surface area contributed by atoms with Crippen LogP contribution in [0, 0.1) is 5.92 Å². The van der Waals surface area contributed by atoms with Crippen LogP contribution in [-0.2, 0) is 16.0 Å². The number of imide groups is 1. The van der Waals surface area contributed by atoms with Crippen LogP contribution >= 0.6 is 0 Å². The molecule has 0 aromatic heterocycles. The molecule has 19 heavy (non-hydrogen) atoms. The molecule has 0 saturated carbocycles. The van der Waals surface area contributed by atoms with E-state index in [1.807, 2.05) is 18.2 Å². The summed E-state index contributed by atoms with van der Waals surface area (Å²) in [5.74, 6) is -0.383. The summed E-state index contributed by atoms with van der Waals surface area (Å²) in [6, 6.07) is 14.3. The van der Waals surface area contributed by atoms with Crippen LogP contribution in [0.3, 0.4) is 0 Å². The minimum Gasteiger partial charge on any atom is -0.296 e. The van der Waals surface area contributed by atoms with Gasteiger partial charge in [-0.2, -0.15) is 0 Å².